The number of amides is 2. The van der Waals surface area contributed by atoms with Gasteiger partial charge in [-0.05, 0) is 22.3 Å². The van der Waals surface area contributed by atoms with Crippen molar-refractivity contribution >= 4 is 12.0 Å². The lowest BCUT2D eigenvalue weighted by molar-refractivity contribution is -0.123. The number of carbonyl (C=O) groups excluding carboxylic acids is 2. The molecule has 1 aliphatic rings. The van der Waals surface area contributed by atoms with Gasteiger partial charge in [0.25, 0.3) is 0 Å². The Morgan fingerprint density at radius 1 is 0.833 bits per heavy atom. The second-order valence-electron chi connectivity index (χ2n) is 8.82. The first-order chi connectivity index (χ1) is 17.7. The van der Waals surface area contributed by atoms with Gasteiger partial charge in [0, 0.05) is 32.6 Å². The van der Waals surface area contributed by atoms with E-state index in [9.17, 15) is 9.59 Å². The van der Waals surface area contributed by atoms with Crippen LogP contribution in [0.2, 0.25) is 0 Å². The Labute approximate surface area is 212 Å². The summed E-state index contributed by atoms with van der Waals surface area (Å²) in [4.78, 5) is 28.1. The number of nitrogens with zero attached hydrogens (tertiary/aromatic N) is 1. The minimum absolute atomic E-state index is 0.140. The maximum atomic E-state index is 13.2. The molecule has 1 saturated heterocycles. The van der Waals surface area contributed by atoms with Gasteiger partial charge >= 0.3 is 6.09 Å². The standard InChI is InChI=1S/C29H33N3O4/c33-28(30-20-25-13-7-8-14-26(25)21-32-15-17-35-18-16-32)27(19-23-9-3-1-4-10-23)31-29(34)36-22-24-11-5-2-6-12-24/h1-14,27H,15-22H2,(H,30,33)(H,31,34)/t27-/m1/s1. The van der Waals surface area contributed by atoms with Gasteiger partial charge in [-0.3, -0.25) is 9.69 Å². The van der Waals surface area contributed by atoms with Crippen LogP contribution in [0.15, 0.2) is 84.9 Å². The van der Waals surface area contributed by atoms with Crippen molar-refractivity contribution < 1.29 is 19.1 Å². The third-order valence-electron chi connectivity index (χ3n) is 6.17. The number of hydrogen-bond acceptors (Lipinski definition) is 5. The summed E-state index contributed by atoms with van der Waals surface area (Å²) < 4.78 is 10.8. The Balaban J connectivity index is 1.38. The van der Waals surface area contributed by atoms with Crippen molar-refractivity contribution in [3.8, 4) is 0 Å². The van der Waals surface area contributed by atoms with E-state index >= 15 is 0 Å². The Hall–Kier alpha value is -3.68. The largest absolute Gasteiger partial charge is 0.445 e. The molecule has 188 valence electrons. The van der Waals surface area contributed by atoms with Crippen LogP contribution in [0.25, 0.3) is 0 Å². The highest BCUT2D eigenvalue weighted by Crippen LogP contribution is 2.13. The summed E-state index contributed by atoms with van der Waals surface area (Å²) in [6, 6.07) is 26.4. The van der Waals surface area contributed by atoms with Crippen molar-refractivity contribution in [2.45, 2.75) is 32.2 Å². The van der Waals surface area contributed by atoms with E-state index in [0.717, 1.165) is 49.5 Å². The fourth-order valence-corrected chi connectivity index (χ4v) is 4.16. The molecule has 0 aromatic heterocycles. The van der Waals surface area contributed by atoms with Crippen LogP contribution in [0.5, 0.6) is 0 Å². The van der Waals surface area contributed by atoms with Gasteiger partial charge in [0.15, 0.2) is 0 Å². The SMILES string of the molecule is O=C(N[C@H](Cc1ccccc1)C(=O)NCc1ccccc1CN1CCOCC1)OCc1ccccc1. The Morgan fingerprint density at radius 3 is 2.14 bits per heavy atom. The number of benzene rings is 3. The molecule has 3 aromatic carbocycles. The van der Waals surface area contributed by atoms with Crippen molar-refractivity contribution in [1.29, 1.82) is 0 Å². The molecule has 1 atom stereocenters. The number of ether oxygens (including phenoxy) is 2. The third-order valence-corrected chi connectivity index (χ3v) is 6.17. The van der Waals surface area contributed by atoms with E-state index < -0.39 is 12.1 Å². The highest BCUT2D eigenvalue weighted by atomic mass is 16.5. The number of carbonyl (C=O) groups is 2. The summed E-state index contributed by atoms with van der Waals surface area (Å²) in [5.41, 5.74) is 4.07. The molecule has 1 heterocycles. The van der Waals surface area contributed by atoms with Crippen LogP contribution in [0.3, 0.4) is 0 Å². The van der Waals surface area contributed by atoms with Crippen LogP contribution in [0, 0.1) is 0 Å². The lowest BCUT2D eigenvalue weighted by Gasteiger charge is -2.27. The summed E-state index contributed by atoms with van der Waals surface area (Å²) in [5.74, 6) is -0.253. The molecule has 1 aliphatic heterocycles. The fourth-order valence-electron chi connectivity index (χ4n) is 4.16. The second-order valence-corrected chi connectivity index (χ2v) is 8.82. The van der Waals surface area contributed by atoms with E-state index in [1.807, 2.05) is 78.9 Å². The quantitative estimate of drug-likeness (QED) is 0.456. The zero-order chi connectivity index (χ0) is 25.0. The minimum Gasteiger partial charge on any atom is -0.445 e. The van der Waals surface area contributed by atoms with Gasteiger partial charge in [0.2, 0.25) is 5.91 Å². The maximum Gasteiger partial charge on any atom is 0.408 e. The first-order valence-corrected chi connectivity index (χ1v) is 12.3. The minimum atomic E-state index is -0.762. The maximum absolute atomic E-state index is 13.2. The molecule has 0 spiro atoms. The summed E-state index contributed by atoms with van der Waals surface area (Å²) in [5, 5.41) is 5.78. The number of nitrogens with one attached hydrogen (secondary N) is 2. The number of hydrogen-bond donors (Lipinski definition) is 2. The Kier molecular flexibility index (Phi) is 9.47. The zero-order valence-corrected chi connectivity index (χ0v) is 20.4. The van der Waals surface area contributed by atoms with Gasteiger partial charge in [0.1, 0.15) is 12.6 Å². The summed E-state index contributed by atoms with van der Waals surface area (Å²) in [7, 11) is 0. The lowest BCUT2D eigenvalue weighted by Crippen LogP contribution is -2.48. The van der Waals surface area contributed by atoms with Gasteiger partial charge < -0.3 is 20.1 Å². The summed E-state index contributed by atoms with van der Waals surface area (Å²) in [6.07, 6.45) is -0.259. The Bertz CT molecular complexity index is 1100. The van der Waals surface area contributed by atoms with Crippen LogP contribution in [-0.2, 0) is 40.4 Å². The molecule has 7 nitrogen and oxygen atoms in total. The predicted octanol–water partition coefficient (Wildman–Crippen LogP) is 3.67. The third kappa shape index (κ3) is 7.93. The van der Waals surface area contributed by atoms with Gasteiger partial charge in [-0.15, -0.1) is 0 Å². The van der Waals surface area contributed by atoms with E-state index in [1.165, 1.54) is 5.56 Å². The average molecular weight is 488 g/mol. The summed E-state index contributed by atoms with van der Waals surface area (Å²) in [6.45, 7) is 4.61. The summed E-state index contributed by atoms with van der Waals surface area (Å²) >= 11 is 0. The lowest BCUT2D eigenvalue weighted by atomic mass is 10.0. The number of rotatable bonds is 10. The Morgan fingerprint density at radius 2 is 1.44 bits per heavy atom. The molecule has 0 radical (unpaired) electrons. The molecule has 2 N–H and O–H groups in total. The van der Waals surface area contributed by atoms with Crippen LogP contribution in [0.4, 0.5) is 4.79 Å². The average Bonchev–Trinajstić information content (AvgIpc) is 2.92. The topological polar surface area (TPSA) is 79.9 Å². The normalized spacial score (nSPS) is 14.6. The molecular formula is C29H33N3O4. The molecule has 1 fully saturated rings. The molecule has 3 aromatic rings. The highest BCUT2D eigenvalue weighted by molar-refractivity contribution is 5.86. The molecular weight excluding hydrogens is 454 g/mol. The van der Waals surface area contributed by atoms with Crippen molar-refractivity contribution in [1.82, 2.24) is 15.5 Å². The second kappa shape index (κ2) is 13.4. The zero-order valence-electron chi connectivity index (χ0n) is 20.4. The van der Waals surface area contributed by atoms with E-state index in [0.29, 0.717) is 13.0 Å². The van der Waals surface area contributed by atoms with Crippen LogP contribution in [-0.4, -0.2) is 49.2 Å². The fraction of sp³-hybridized carbons (Fsp3) is 0.310. The van der Waals surface area contributed by atoms with E-state index in [4.69, 9.17) is 9.47 Å². The van der Waals surface area contributed by atoms with Gasteiger partial charge in [-0.25, -0.2) is 4.79 Å². The molecule has 2 amide bonds. The number of alkyl carbamates (subject to hydrolysis) is 1. The van der Waals surface area contributed by atoms with Crippen LogP contribution >= 0.6 is 0 Å². The van der Waals surface area contributed by atoms with E-state index in [2.05, 4.69) is 21.6 Å². The van der Waals surface area contributed by atoms with Gasteiger partial charge in [-0.1, -0.05) is 84.9 Å². The molecule has 0 aliphatic carbocycles. The van der Waals surface area contributed by atoms with Gasteiger partial charge in [-0.2, -0.15) is 0 Å². The van der Waals surface area contributed by atoms with Crippen molar-refractivity contribution in [2.24, 2.45) is 0 Å². The van der Waals surface area contributed by atoms with Crippen molar-refractivity contribution in [2.75, 3.05) is 26.3 Å². The molecule has 7 heteroatoms. The van der Waals surface area contributed by atoms with E-state index in [-0.39, 0.29) is 12.5 Å². The van der Waals surface area contributed by atoms with Crippen molar-refractivity contribution in [3.05, 3.63) is 107 Å². The smallest absolute Gasteiger partial charge is 0.408 e. The monoisotopic (exact) mass is 487 g/mol. The highest BCUT2D eigenvalue weighted by Gasteiger charge is 2.22. The number of morpholine rings is 1. The predicted molar refractivity (Wildman–Crippen MR) is 138 cm³/mol. The molecule has 0 saturated carbocycles. The van der Waals surface area contributed by atoms with Crippen LogP contribution in [0.1, 0.15) is 22.3 Å². The molecule has 0 unspecified atom stereocenters. The van der Waals surface area contributed by atoms with E-state index in [1.54, 1.807) is 0 Å². The van der Waals surface area contributed by atoms with Crippen molar-refractivity contribution in [3.63, 3.8) is 0 Å². The molecule has 36 heavy (non-hydrogen) atoms. The van der Waals surface area contributed by atoms with Crippen LogP contribution < -0.4 is 10.6 Å². The first kappa shape index (κ1) is 25.4. The molecule has 0 bridgehead atoms. The molecule has 4 rings (SSSR count). The van der Waals surface area contributed by atoms with Gasteiger partial charge in [0.05, 0.1) is 13.2 Å². The first-order valence-electron chi connectivity index (χ1n) is 12.3.